The summed E-state index contributed by atoms with van der Waals surface area (Å²) in [6, 6.07) is 17.7. The van der Waals surface area contributed by atoms with E-state index >= 15 is 0 Å². The van der Waals surface area contributed by atoms with Gasteiger partial charge in [0.15, 0.2) is 0 Å². The van der Waals surface area contributed by atoms with Gasteiger partial charge in [0.25, 0.3) is 5.92 Å². The first-order chi connectivity index (χ1) is 12.1. The molecule has 0 spiro atoms. The minimum atomic E-state index is -2.56. The van der Waals surface area contributed by atoms with Crippen LogP contribution in [0.15, 0.2) is 54.6 Å². The normalized spacial score (nSPS) is 20.4. The fourth-order valence-corrected chi connectivity index (χ4v) is 3.47. The highest BCUT2D eigenvalue weighted by atomic mass is 19.3. The molecule has 2 nitrogen and oxygen atoms in total. The van der Waals surface area contributed by atoms with Gasteiger partial charge in [-0.05, 0) is 36.1 Å². The molecule has 1 saturated heterocycles. The molecule has 2 aromatic carbocycles. The van der Waals surface area contributed by atoms with Crippen LogP contribution >= 0.6 is 0 Å². The second kappa shape index (κ2) is 7.96. The van der Waals surface area contributed by atoms with Crippen LogP contribution in [0.2, 0.25) is 0 Å². The molecule has 0 saturated carbocycles. The summed E-state index contributed by atoms with van der Waals surface area (Å²) in [6.07, 6.45) is 1.18. The summed E-state index contributed by atoms with van der Waals surface area (Å²) in [7, 11) is 1.64. The van der Waals surface area contributed by atoms with Gasteiger partial charge < -0.3 is 4.74 Å². The molecule has 1 aliphatic heterocycles. The molecule has 2 aromatic rings. The Labute approximate surface area is 148 Å². The molecule has 0 bridgehead atoms. The Morgan fingerprint density at radius 2 is 1.76 bits per heavy atom. The maximum absolute atomic E-state index is 14.3. The zero-order valence-corrected chi connectivity index (χ0v) is 14.6. The number of rotatable bonds is 6. The Morgan fingerprint density at radius 3 is 2.44 bits per heavy atom. The Balaban J connectivity index is 1.59. The van der Waals surface area contributed by atoms with Crippen LogP contribution < -0.4 is 4.74 Å². The molecule has 3 rings (SSSR count). The largest absolute Gasteiger partial charge is 0.497 e. The Hall–Kier alpha value is -1.94. The SMILES string of the molecule is COc1ccc(CN2CCC(F)(F)C(CCc3ccccc3)C2)cc1. The monoisotopic (exact) mass is 345 g/mol. The van der Waals surface area contributed by atoms with E-state index < -0.39 is 11.8 Å². The summed E-state index contributed by atoms with van der Waals surface area (Å²) in [5.74, 6) is -2.33. The second-order valence-electron chi connectivity index (χ2n) is 6.82. The lowest BCUT2D eigenvalue weighted by atomic mass is 9.88. The number of alkyl halides is 2. The molecule has 1 aliphatic rings. The zero-order chi connectivity index (χ0) is 17.7. The first kappa shape index (κ1) is 17.9. The van der Waals surface area contributed by atoms with Gasteiger partial charge in [0.2, 0.25) is 0 Å². The number of likely N-dealkylation sites (tertiary alicyclic amines) is 1. The number of benzene rings is 2. The number of halogens is 2. The number of methoxy groups -OCH3 is 1. The lowest BCUT2D eigenvalue weighted by Gasteiger charge is -2.38. The Kier molecular flexibility index (Phi) is 5.69. The van der Waals surface area contributed by atoms with Crippen LogP contribution in [0, 0.1) is 5.92 Å². The fraction of sp³-hybridized carbons (Fsp3) is 0.429. The van der Waals surface area contributed by atoms with Crippen LogP contribution in [-0.2, 0) is 13.0 Å². The smallest absolute Gasteiger partial charge is 0.253 e. The minimum absolute atomic E-state index is 0.0530. The topological polar surface area (TPSA) is 12.5 Å². The van der Waals surface area contributed by atoms with Crippen molar-refractivity contribution < 1.29 is 13.5 Å². The average molecular weight is 345 g/mol. The highest BCUT2D eigenvalue weighted by Gasteiger charge is 2.43. The molecule has 0 radical (unpaired) electrons. The quantitative estimate of drug-likeness (QED) is 0.747. The van der Waals surface area contributed by atoms with Gasteiger partial charge in [-0.15, -0.1) is 0 Å². The summed E-state index contributed by atoms with van der Waals surface area (Å²) in [5, 5.41) is 0. The maximum Gasteiger partial charge on any atom is 0.253 e. The Morgan fingerprint density at radius 1 is 1.04 bits per heavy atom. The lowest BCUT2D eigenvalue weighted by molar-refractivity contribution is -0.109. The van der Waals surface area contributed by atoms with Gasteiger partial charge in [-0.1, -0.05) is 42.5 Å². The second-order valence-corrected chi connectivity index (χ2v) is 6.82. The standard InChI is InChI=1S/C21H25F2NO/c1-25-20-11-8-18(9-12-20)15-24-14-13-21(22,23)19(16-24)10-7-17-5-3-2-4-6-17/h2-6,8-9,11-12,19H,7,10,13-16H2,1H3. The van der Waals surface area contributed by atoms with Crippen LogP contribution in [0.4, 0.5) is 8.78 Å². The third-order valence-corrected chi connectivity index (χ3v) is 5.03. The highest BCUT2D eigenvalue weighted by Crippen LogP contribution is 2.36. The molecule has 0 amide bonds. The average Bonchev–Trinajstić information content (AvgIpc) is 2.63. The third kappa shape index (κ3) is 4.79. The van der Waals surface area contributed by atoms with Crippen LogP contribution in [0.5, 0.6) is 5.75 Å². The number of hydrogen-bond donors (Lipinski definition) is 0. The summed E-state index contributed by atoms with van der Waals surface area (Å²) < 4.78 is 33.8. The van der Waals surface area contributed by atoms with Gasteiger partial charge in [0, 0.05) is 32.0 Å². The van der Waals surface area contributed by atoms with Gasteiger partial charge in [0.1, 0.15) is 5.75 Å². The van der Waals surface area contributed by atoms with Crippen LogP contribution in [0.3, 0.4) is 0 Å². The van der Waals surface area contributed by atoms with Crippen molar-refractivity contribution in [2.24, 2.45) is 5.92 Å². The van der Waals surface area contributed by atoms with E-state index in [4.69, 9.17) is 4.74 Å². The van der Waals surface area contributed by atoms with Gasteiger partial charge >= 0.3 is 0 Å². The van der Waals surface area contributed by atoms with Crippen molar-refractivity contribution in [1.29, 1.82) is 0 Å². The zero-order valence-electron chi connectivity index (χ0n) is 14.6. The van der Waals surface area contributed by atoms with E-state index in [0.29, 0.717) is 32.5 Å². The molecule has 4 heteroatoms. The molecule has 1 fully saturated rings. The molecule has 134 valence electrons. The molecule has 0 aliphatic carbocycles. The highest BCUT2D eigenvalue weighted by molar-refractivity contribution is 5.27. The molecule has 0 N–H and O–H groups in total. The summed E-state index contributed by atoms with van der Waals surface area (Å²) in [4.78, 5) is 2.15. The number of nitrogens with zero attached hydrogens (tertiary/aromatic N) is 1. The summed E-state index contributed by atoms with van der Waals surface area (Å²) in [6.45, 7) is 1.61. The van der Waals surface area contributed by atoms with Crippen molar-refractivity contribution >= 4 is 0 Å². The van der Waals surface area contributed by atoms with Crippen molar-refractivity contribution in [1.82, 2.24) is 4.90 Å². The van der Waals surface area contributed by atoms with E-state index in [-0.39, 0.29) is 6.42 Å². The van der Waals surface area contributed by atoms with E-state index in [1.807, 2.05) is 54.6 Å². The molecule has 1 atom stereocenters. The van der Waals surface area contributed by atoms with Crippen LogP contribution in [0.1, 0.15) is 24.0 Å². The third-order valence-electron chi connectivity index (χ3n) is 5.03. The van der Waals surface area contributed by atoms with Crippen molar-refractivity contribution in [2.75, 3.05) is 20.2 Å². The van der Waals surface area contributed by atoms with Crippen molar-refractivity contribution in [3.63, 3.8) is 0 Å². The van der Waals surface area contributed by atoms with Crippen molar-refractivity contribution in [3.8, 4) is 5.75 Å². The first-order valence-electron chi connectivity index (χ1n) is 8.84. The minimum Gasteiger partial charge on any atom is -0.497 e. The van der Waals surface area contributed by atoms with Gasteiger partial charge in [-0.25, -0.2) is 8.78 Å². The number of piperidine rings is 1. The van der Waals surface area contributed by atoms with E-state index in [1.54, 1.807) is 7.11 Å². The van der Waals surface area contributed by atoms with Gasteiger partial charge in [-0.2, -0.15) is 0 Å². The van der Waals surface area contributed by atoms with Crippen molar-refractivity contribution in [2.45, 2.75) is 31.7 Å². The number of ether oxygens (including phenoxy) is 1. The maximum atomic E-state index is 14.3. The predicted molar refractivity (Wildman–Crippen MR) is 96.1 cm³/mol. The molecule has 25 heavy (non-hydrogen) atoms. The van der Waals surface area contributed by atoms with E-state index in [0.717, 1.165) is 16.9 Å². The van der Waals surface area contributed by atoms with E-state index in [1.165, 1.54) is 0 Å². The van der Waals surface area contributed by atoms with E-state index in [2.05, 4.69) is 4.90 Å². The van der Waals surface area contributed by atoms with E-state index in [9.17, 15) is 8.78 Å². The molecule has 1 unspecified atom stereocenters. The summed E-state index contributed by atoms with van der Waals surface area (Å²) in [5.41, 5.74) is 2.26. The van der Waals surface area contributed by atoms with Gasteiger partial charge in [-0.3, -0.25) is 4.90 Å². The molecular formula is C21H25F2NO. The molecule has 0 aromatic heterocycles. The summed E-state index contributed by atoms with van der Waals surface area (Å²) >= 11 is 0. The fourth-order valence-electron chi connectivity index (χ4n) is 3.47. The molecular weight excluding hydrogens is 320 g/mol. The number of aryl methyl sites for hydroxylation is 1. The first-order valence-corrected chi connectivity index (χ1v) is 8.84. The lowest BCUT2D eigenvalue weighted by Crippen LogP contribution is -2.46. The number of hydrogen-bond acceptors (Lipinski definition) is 2. The molecule has 1 heterocycles. The van der Waals surface area contributed by atoms with Crippen LogP contribution in [0.25, 0.3) is 0 Å². The van der Waals surface area contributed by atoms with Gasteiger partial charge in [0.05, 0.1) is 7.11 Å². The predicted octanol–water partition coefficient (Wildman–Crippen LogP) is 4.79. The Bertz CT molecular complexity index is 657. The van der Waals surface area contributed by atoms with Crippen molar-refractivity contribution in [3.05, 3.63) is 65.7 Å². The van der Waals surface area contributed by atoms with Crippen LogP contribution in [-0.4, -0.2) is 31.0 Å².